The Morgan fingerprint density at radius 1 is 1.08 bits per heavy atom. The molecular weight excluding hydrogens is 557 g/mol. The second kappa shape index (κ2) is 10.8. The van der Waals surface area contributed by atoms with E-state index in [1.165, 1.54) is 16.8 Å². The lowest BCUT2D eigenvalue weighted by atomic mass is 9.97. The van der Waals surface area contributed by atoms with Gasteiger partial charge in [0.2, 0.25) is 0 Å². The minimum atomic E-state index is -1.83. The van der Waals surface area contributed by atoms with Gasteiger partial charge in [-0.1, -0.05) is 28.1 Å². The molecule has 1 atom stereocenters. The lowest BCUT2D eigenvalue weighted by Gasteiger charge is -2.33. The van der Waals surface area contributed by atoms with E-state index in [9.17, 15) is 14.0 Å². The first-order chi connectivity index (χ1) is 18.4. The van der Waals surface area contributed by atoms with Crippen LogP contribution in [-0.4, -0.2) is 51.6 Å². The lowest BCUT2D eigenvalue weighted by molar-refractivity contribution is -0.189. The van der Waals surface area contributed by atoms with Gasteiger partial charge >= 0.3 is 0 Å². The van der Waals surface area contributed by atoms with E-state index in [0.717, 1.165) is 10.0 Å². The number of nitrogens with two attached hydrogens (primary N) is 1. The molecule has 0 spiro atoms. The van der Waals surface area contributed by atoms with Gasteiger partial charge in [-0.25, -0.2) is 14.1 Å². The summed E-state index contributed by atoms with van der Waals surface area (Å²) in [6, 6.07) is 17.4. The van der Waals surface area contributed by atoms with Gasteiger partial charge < -0.3 is 20.5 Å². The summed E-state index contributed by atoms with van der Waals surface area (Å²) < 4.78 is 27.1. The molecule has 0 aliphatic carbocycles. The van der Waals surface area contributed by atoms with Crippen LogP contribution >= 0.6 is 15.9 Å². The van der Waals surface area contributed by atoms with Crippen LogP contribution in [0.25, 0.3) is 17.1 Å². The largest absolute Gasteiger partial charge is 0.365 e. The zero-order valence-corrected chi connectivity index (χ0v) is 21.6. The third-order valence-corrected chi connectivity index (χ3v) is 6.68. The van der Waals surface area contributed by atoms with Crippen molar-refractivity contribution in [1.82, 2.24) is 20.1 Å². The molecule has 2 aromatic carbocycles. The molecule has 1 aliphatic heterocycles. The van der Waals surface area contributed by atoms with Gasteiger partial charge in [-0.3, -0.25) is 9.59 Å². The van der Waals surface area contributed by atoms with Crippen molar-refractivity contribution in [2.45, 2.75) is 18.2 Å². The normalized spacial score (nSPS) is 15.2. The Labute approximate surface area is 225 Å². The number of carbonyl (C=O) groups excluding carboxylic acids is 2. The Balaban J connectivity index is 1.46. The van der Waals surface area contributed by atoms with Crippen LogP contribution in [0.15, 0.2) is 83.6 Å². The van der Waals surface area contributed by atoms with Crippen molar-refractivity contribution in [1.29, 1.82) is 0 Å². The molecule has 1 saturated heterocycles. The van der Waals surface area contributed by atoms with Crippen LogP contribution in [-0.2, 0) is 20.7 Å². The average Bonchev–Trinajstić information content (AvgIpc) is 3.61. The van der Waals surface area contributed by atoms with Crippen molar-refractivity contribution in [3.63, 3.8) is 0 Å². The summed E-state index contributed by atoms with van der Waals surface area (Å²) >= 11 is 3.41. The molecule has 11 heteroatoms. The number of primary amides is 1. The Morgan fingerprint density at radius 3 is 2.47 bits per heavy atom. The Hall–Kier alpha value is -3.93. The fraction of sp³-hybridized carbons (Fsp3) is 0.185. The van der Waals surface area contributed by atoms with Crippen LogP contribution in [0, 0.1) is 5.82 Å². The number of halogens is 2. The minimum absolute atomic E-state index is 0.160. The summed E-state index contributed by atoms with van der Waals surface area (Å²) in [4.78, 5) is 30.5. The highest BCUT2D eigenvalue weighted by atomic mass is 79.9. The second-order valence-corrected chi connectivity index (χ2v) is 9.53. The molecule has 0 saturated carbocycles. The van der Waals surface area contributed by atoms with Gasteiger partial charge in [0.15, 0.2) is 5.82 Å². The SMILES string of the molecule is NC(=O)C1(C(Cc2ccc(Br)cc2)NC(=O)c2cccnc2-n2ccc(-c3ccc(F)cc3)n2)OCCO1. The molecule has 4 aromatic rings. The quantitative estimate of drug-likeness (QED) is 0.330. The van der Waals surface area contributed by atoms with Crippen LogP contribution in [0.4, 0.5) is 4.39 Å². The van der Waals surface area contributed by atoms with E-state index >= 15 is 0 Å². The van der Waals surface area contributed by atoms with Crippen LogP contribution < -0.4 is 11.1 Å². The summed E-state index contributed by atoms with van der Waals surface area (Å²) in [5, 5.41) is 7.41. The average molecular weight is 580 g/mol. The van der Waals surface area contributed by atoms with E-state index in [1.807, 2.05) is 24.3 Å². The standard InChI is InChI=1S/C27H23BrFN5O4/c28-19-7-3-17(4-8-19)16-23(27(26(30)36)37-14-15-38-27)32-25(35)21-2-1-12-31-24(21)34-13-11-22(33-34)18-5-9-20(29)10-6-18/h1-13,23H,14-16H2,(H2,30,36)(H,32,35). The third-order valence-electron chi connectivity index (χ3n) is 6.15. The molecule has 9 nitrogen and oxygen atoms in total. The predicted octanol–water partition coefficient (Wildman–Crippen LogP) is 3.41. The maximum atomic E-state index is 13.6. The number of benzene rings is 2. The molecule has 38 heavy (non-hydrogen) atoms. The van der Waals surface area contributed by atoms with Gasteiger partial charge in [-0.2, -0.15) is 5.10 Å². The van der Waals surface area contributed by atoms with Crippen molar-refractivity contribution >= 4 is 27.7 Å². The number of hydrogen-bond acceptors (Lipinski definition) is 6. The molecule has 1 fully saturated rings. The molecular formula is C27H23BrFN5O4. The zero-order chi connectivity index (χ0) is 26.7. The number of aromatic nitrogens is 3. The fourth-order valence-corrected chi connectivity index (χ4v) is 4.55. The minimum Gasteiger partial charge on any atom is -0.365 e. The highest BCUT2D eigenvalue weighted by Crippen LogP contribution is 2.27. The smallest absolute Gasteiger partial charge is 0.280 e. The maximum absolute atomic E-state index is 13.6. The molecule has 5 rings (SSSR count). The van der Waals surface area contributed by atoms with E-state index in [4.69, 9.17) is 15.2 Å². The van der Waals surface area contributed by atoms with Gasteiger partial charge in [-0.05, 0) is 66.6 Å². The highest BCUT2D eigenvalue weighted by Gasteiger charge is 2.51. The van der Waals surface area contributed by atoms with Crippen LogP contribution in [0.1, 0.15) is 15.9 Å². The van der Waals surface area contributed by atoms with Crippen molar-refractivity contribution in [3.8, 4) is 17.1 Å². The van der Waals surface area contributed by atoms with Crippen LogP contribution in [0.5, 0.6) is 0 Å². The number of ether oxygens (including phenoxy) is 2. The van der Waals surface area contributed by atoms with Gasteiger partial charge in [0.1, 0.15) is 5.82 Å². The first-order valence-corrected chi connectivity index (χ1v) is 12.5. The van der Waals surface area contributed by atoms with Crippen molar-refractivity contribution in [2.75, 3.05) is 13.2 Å². The first-order valence-electron chi connectivity index (χ1n) is 11.8. The molecule has 2 amide bonds. The van der Waals surface area contributed by atoms with Gasteiger partial charge in [-0.15, -0.1) is 0 Å². The number of amides is 2. The number of carbonyl (C=O) groups is 2. The fourth-order valence-electron chi connectivity index (χ4n) is 4.29. The Bertz CT molecular complexity index is 1450. The predicted molar refractivity (Wildman–Crippen MR) is 140 cm³/mol. The first kappa shape index (κ1) is 25.7. The number of rotatable bonds is 8. The maximum Gasteiger partial charge on any atom is 0.280 e. The highest BCUT2D eigenvalue weighted by molar-refractivity contribution is 9.10. The summed E-state index contributed by atoms with van der Waals surface area (Å²) in [6.45, 7) is 0.320. The Morgan fingerprint density at radius 2 is 1.79 bits per heavy atom. The monoisotopic (exact) mass is 579 g/mol. The number of nitrogens with zero attached hydrogens (tertiary/aromatic N) is 3. The Kier molecular flexibility index (Phi) is 7.32. The molecule has 0 radical (unpaired) electrons. The van der Waals surface area contributed by atoms with E-state index in [2.05, 4.69) is 31.3 Å². The zero-order valence-electron chi connectivity index (χ0n) is 20.0. The number of pyridine rings is 1. The summed E-state index contributed by atoms with van der Waals surface area (Å²) in [5.41, 5.74) is 8.05. The second-order valence-electron chi connectivity index (χ2n) is 8.61. The van der Waals surface area contributed by atoms with E-state index < -0.39 is 23.6 Å². The topological polar surface area (TPSA) is 121 Å². The van der Waals surface area contributed by atoms with E-state index in [0.29, 0.717) is 11.3 Å². The molecule has 2 aromatic heterocycles. The van der Waals surface area contributed by atoms with E-state index in [-0.39, 0.29) is 36.8 Å². The summed E-state index contributed by atoms with van der Waals surface area (Å²) in [7, 11) is 0. The molecule has 3 heterocycles. The van der Waals surface area contributed by atoms with Crippen molar-refractivity contribution in [3.05, 3.63) is 101 Å². The molecule has 1 aliphatic rings. The molecule has 0 bridgehead atoms. The lowest BCUT2D eigenvalue weighted by Crippen LogP contribution is -2.61. The summed E-state index contributed by atoms with van der Waals surface area (Å²) in [6.07, 6.45) is 3.41. The third kappa shape index (κ3) is 5.21. The molecule has 3 N–H and O–H groups in total. The van der Waals surface area contributed by atoms with Gasteiger partial charge in [0.05, 0.1) is 30.5 Å². The molecule has 1 unspecified atom stereocenters. The van der Waals surface area contributed by atoms with Crippen LogP contribution in [0.2, 0.25) is 0 Å². The van der Waals surface area contributed by atoms with E-state index in [1.54, 1.807) is 42.7 Å². The summed E-state index contributed by atoms with van der Waals surface area (Å²) in [5.74, 6) is -3.26. The van der Waals surface area contributed by atoms with Crippen LogP contribution in [0.3, 0.4) is 0 Å². The number of hydrogen-bond donors (Lipinski definition) is 2. The number of nitrogens with one attached hydrogen (secondary N) is 1. The van der Waals surface area contributed by atoms with Gasteiger partial charge in [0.25, 0.3) is 17.6 Å². The van der Waals surface area contributed by atoms with Gasteiger partial charge in [0, 0.05) is 22.4 Å². The molecule has 194 valence electrons. The van der Waals surface area contributed by atoms with Crippen molar-refractivity contribution < 1.29 is 23.5 Å². The van der Waals surface area contributed by atoms with Crippen molar-refractivity contribution in [2.24, 2.45) is 5.73 Å².